The van der Waals surface area contributed by atoms with Gasteiger partial charge in [-0.15, -0.1) is 0 Å². The summed E-state index contributed by atoms with van der Waals surface area (Å²) in [5, 5.41) is 4.11. The summed E-state index contributed by atoms with van der Waals surface area (Å²) in [6.07, 6.45) is 0.00824. The molecule has 92 valence electrons. The lowest BCUT2D eigenvalue weighted by atomic mass is 10.2. The van der Waals surface area contributed by atoms with E-state index in [0.717, 1.165) is 12.2 Å². The van der Waals surface area contributed by atoms with Crippen molar-refractivity contribution >= 4 is 11.3 Å². The zero-order chi connectivity index (χ0) is 11.8. The van der Waals surface area contributed by atoms with Gasteiger partial charge in [-0.2, -0.15) is 11.3 Å². The summed E-state index contributed by atoms with van der Waals surface area (Å²) in [7, 11) is 0. The van der Waals surface area contributed by atoms with Gasteiger partial charge in [-0.25, -0.2) is 0 Å². The van der Waals surface area contributed by atoms with Crippen LogP contribution < -0.4 is 5.73 Å². The van der Waals surface area contributed by atoms with E-state index in [0.29, 0.717) is 25.7 Å². The van der Waals surface area contributed by atoms with Crippen LogP contribution in [0.15, 0.2) is 16.8 Å². The van der Waals surface area contributed by atoms with Crippen molar-refractivity contribution in [1.82, 2.24) is 0 Å². The fourth-order valence-corrected chi connectivity index (χ4v) is 2.03. The molecule has 1 aromatic heterocycles. The van der Waals surface area contributed by atoms with Gasteiger partial charge in [-0.3, -0.25) is 0 Å². The predicted octanol–water partition coefficient (Wildman–Crippen LogP) is 2.44. The van der Waals surface area contributed by atoms with Crippen LogP contribution in [-0.2, 0) is 9.47 Å². The Balaban J connectivity index is 2.15. The lowest BCUT2D eigenvalue weighted by Gasteiger charge is -2.15. The highest BCUT2D eigenvalue weighted by Gasteiger charge is 2.09. The second kappa shape index (κ2) is 7.79. The molecule has 0 spiro atoms. The highest BCUT2D eigenvalue weighted by Crippen LogP contribution is 2.18. The number of hydrogen-bond acceptors (Lipinski definition) is 4. The Morgan fingerprint density at radius 1 is 1.38 bits per heavy atom. The summed E-state index contributed by atoms with van der Waals surface area (Å²) in [4.78, 5) is 0. The molecule has 1 atom stereocenters. The third-order valence-corrected chi connectivity index (χ3v) is 2.83. The molecule has 0 saturated heterocycles. The molecule has 0 radical (unpaired) electrons. The number of ether oxygens (including phenoxy) is 2. The Hall–Kier alpha value is -0.420. The van der Waals surface area contributed by atoms with Crippen LogP contribution in [0.2, 0.25) is 0 Å². The minimum Gasteiger partial charge on any atom is -0.379 e. The molecule has 0 aromatic carbocycles. The molecule has 0 amide bonds. The second-order valence-corrected chi connectivity index (χ2v) is 4.90. The molecule has 0 bridgehead atoms. The average molecular weight is 243 g/mol. The van der Waals surface area contributed by atoms with Gasteiger partial charge in [-0.05, 0) is 28.3 Å². The Bertz CT molecular complexity index is 262. The molecule has 16 heavy (non-hydrogen) atoms. The van der Waals surface area contributed by atoms with E-state index in [9.17, 15) is 0 Å². The first-order valence-corrected chi connectivity index (χ1v) is 6.59. The molecule has 3 nitrogen and oxygen atoms in total. The molecule has 1 heterocycles. The number of nitrogens with two attached hydrogens (primary N) is 1. The van der Waals surface area contributed by atoms with E-state index >= 15 is 0 Å². The van der Waals surface area contributed by atoms with Gasteiger partial charge in [0.25, 0.3) is 0 Å². The molecule has 4 heteroatoms. The van der Waals surface area contributed by atoms with Crippen LogP contribution >= 0.6 is 11.3 Å². The van der Waals surface area contributed by atoms with E-state index in [-0.39, 0.29) is 6.10 Å². The molecule has 1 unspecified atom stereocenters. The third kappa shape index (κ3) is 5.07. The van der Waals surface area contributed by atoms with Crippen molar-refractivity contribution in [2.75, 3.05) is 26.4 Å². The molecular weight excluding hydrogens is 222 g/mol. The molecule has 0 aliphatic heterocycles. The monoisotopic (exact) mass is 243 g/mol. The van der Waals surface area contributed by atoms with Crippen molar-refractivity contribution in [2.24, 2.45) is 11.7 Å². The minimum atomic E-state index is 0.00824. The largest absolute Gasteiger partial charge is 0.379 e. The van der Waals surface area contributed by atoms with Gasteiger partial charge < -0.3 is 15.2 Å². The van der Waals surface area contributed by atoms with Gasteiger partial charge in [0.05, 0.1) is 19.3 Å². The topological polar surface area (TPSA) is 44.5 Å². The fraction of sp³-hybridized carbons (Fsp3) is 0.667. The summed E-state index contributed by atoms with van der Waals surface area (Å²) < 4.78 is 11.1. The predicted molar refractivity (Wildman–Crippen MR) is 67.7 cm³/mol. The van der Waals surface area contributed by atoms with Crippen molar-refractivity contribution in [3.8, 4) is 0 Å². The maximum Gasteiger partial charge on any atom is 0.0956 e. The molecule has 0 saturated carbocycles. The maximum atomic E-state index is 5.67. The number of rotatable bonds is 8. The van der Waals surface area contributed by atoms with Crippen LogP contribution in [0.5, 0.6) is 0 Å². The van der Waals surface area contributed by atoms with Crippen molar-refractivity contribution in [3.63, 3.8) is 0 Å². The van der Waals surface area contributed by atoms with Crippen LogP contribution in [0.3, 0.4) is 0 Å². The molecule has 0 aliphatic carbocycles. The van der Waals surface area contributed by atoms with E-state index < -0.39 is 0 Å². The van der Waals surface area contributed by atoms with Crippen LogP contribution in [0.1, 0.15) is 25.5 Å². The molecule has 1 aromatic rings. The highest BCUT2D eigenvalue weighted by molar-refractivity contribution is 7.07. The standard InChI is InChI=1S/C12H21NO2S/c1-10(2)8-14-4-5-15-12(7-13)11-3-6-16-9-11/h3,6,9-10,12H,4-5,7-8,13H2,1-2H3. The van der Waals surface area contributed by atoms with E-state index in [4.69, 9.17) is 15.2 Å². The van der Waals surface area contributed by atoms with Crippen molar-refractivity contribution in [2.45, 2.75) is 20.0 Å². The first-order valence-electron chi connectivity index (χ1n) is 5.65. The summed E-state index contributed by atoms with van der Waals surface area (Å²) in [5.74, 6) is 0.571. The second-order valence-electron chi connectivity index (χ2n) is 4.12. The number of hydrogen-bond donors (Lipinski definition) is 1. The van der Waals surface area contributed by atoms with Crippen LogP contribution in [-0.4, -0.2) is 26.4 Å². The van der Waals surface area contributed by atoms with Crippen molar-refractivity contribution < 1.29 is 9.47 Å². The summed E-state index contributed by atoms with van der Waals surface area (Å²) in [5.41, 5.74) is 6.83. The molecule has 2 N–H and O–H groups in total. The van der Waals surface area contributed by atoms with E-state index in [1.165, 1.54) is 0 Å². The maximum absolute atomic E-state index is 5.67. The molecule has 0 aliphatic rings. The lowest BCUT2D eigenvalue weighted by Crippen LogP contribution is -2.18. The van der Waals surface area contributed by atoms with Crippen LogP contribution in [0.4, 0.5) is 0 Å². The highest BCUT2D eigenvalue weighted by atomic mass is 32.1. The van der Waals surface area contributed by atoms with E-state index in [2.05, 4.69) is 25.3 Å². The van der Waals surface area contributed by atoms with Crippen LogP contribution in [0.25, 0.3) is 0 Å². The minimum absolute atomic E-state index is 0.00824. The Labute approximate surface area is 102 Å². The summed E-state index contributed by atoms with van der Waals surface area (Å²) in [6, 6.07) is 2.05. The SMILES string of the molecule is CC(C)COCCOC(CN)c1ccsc1. The Kier molecular flexibility index (Phi) is 6.64. The fourth-order valence-electron chi connectivity index (χ4n) is 1.33. The average Bonchev–Trinajstić information content (AvgIpc) is 2.76. The molecule has 1 rings (SSSR count). The smallest absolute Gasteiger partial charge is 0.0956 e. The zero-order valence-corrected chi connectivity index (χ0v) is 10.8. The lowest BCUT2D eigenvalue weighted by molar-refractivity contribution is 0.00193. The zero-order valence-electron chi connectivity index (χ0n) is 10.0. The molecule has 0 fully saturated rings. The van der Waals surface area contributed by atoms with E-state index in [1.807, 2.05) is 5.38 Å². The van der Waals surface area contributed by atoms with E-state index in [1.54, 1.807) is 11.3 Å². The van der Waals surface area contributed by atoms with Gasteiger partial charge in [0.15, 0.2) is 0 Å². The summed E-state index contributed by atoms with van der Waals surface area (Å²) >= 11 is 1.66. The third-order valence-electron chi connectivity index (χ3n) is 2.13. The number of thiophene rings is 1. The van der Waals surface area contributed by atoms with Crippen LogP contribution in [0, 0.1) is 5.92 Å². The van der Waals surface area contributed by atoms with Gasteiger partial charge in [-0.1, -0.05) is 13.8 Å². The first-order chi connectivity index (χ1) is 7.74. The Morgan fingerprint density at radius 3 is 2.75 bits per heavy atom. The van der Waals surface area contributed by atoms with Gasteiger partial charge >= 0.3 is 0 Å². The first kappa shape index (κ1) is 13.6. The summed E-state index contributed by atoms with van der Waals surface area (Å²) in [6.45, 7) is 6.81. The van der Waals surface area contributed by atoms with Gasteiger partial charge in [0.1, 0.15) is 0 Å². The van der Waals surface area contributed by atoms with Crippen molar-refractivity contribution in [3.05, 3.63) is 22.4 Å². The van der Waals surface area contributed by atoms with Gasteiger partial charge in [0, 0.05) is 13.2 Å². The van der Waals surface area contributed by atoms with Crippen molar-refractivity contribution in [1.29, 1.82) is 0 Å². The van der Waals surface area contributed by atoms with Gasteiger partial charge in [0.2, 0.25) is 0 Å². The quantitative estimate of drug-likeness (QED) is 0.713. The Morgan fingerprint density at radius 2 is 2.19 bits per heavy atom. The normalized spacial score (nSPS) is 13.2. The molecular formula is C12H21NO2S.